The van der Waals surface area contributed by atoms with Crippen molar-refractivity contribution in [3.8, 4) is 0 Å². The Morgan fingerprint density at radius 3 is 2.72 bits per heavy atom. The van der Waals surface area contributed by atoms with Gasteiger partial charge in [0, 0.05) is 5.54 Å². The Bertz CT molecular complexity index is 760. The number of benzene rings is 1. The largest absolute Gasteiger partial charge is 0.469 e. The van der Waals surface area contributed by atoms with Crippen LogP contribution in [0.4, 0.5) is 0 Å². The Morgan fingerprint density at radius 2 is 2.03 bits per heavy atom. The number of hydrogen-bond acceptors (Lipinski definition) is 4. The Morgan fingerprint density at radius 1 is 1.28 bits per heavy atom. The summed E-state index contributed by atoms with van der Waals surface area (Å²) in [5, 5.41) is 0. The van der Waals surface area contributed by atoms with Crippen LogP contribution in [0.15, 0.2) is 18.2 Å². The third-order valence-corrected chi connectivity index (χ3v) is 8.33. The van der Waals surface area contributed by atoms with E-state index in [9.17, 15) is 4.57 Å². The van der Waals surface area contributed by atoms with Crippen molar-refractivity contribution in [1.82, 2.24) is 0 Å². The van der Waals surface area contributed by atoms with E-state index in [1.165, 1.54) is 41.0 Å². The number of phosphoric ester groups is 1. The van der Waals surface area contributed by atoms with E-state index in [0.717, 1.165) is 25.2 Å². The molecule has 0 heterocycles. The normalized spacial score (nSPS) is 27.8. The average molecular weight is 442 g/mol. The third-order valence-electron chi connectivity index (χ3n) is 6.08. The lowest BCUT2D eigenvalue weighted by molar-refractivity contribution is 0.153. The van der Waals surface area contributed by atoms with E-state index < -0.39 is 13.4 Å². The van der Waals surface area contributed by atoms with Crippen LogP contribution in [-0.2, 0) is 21.9 Å². The van der Waals surface area contributed by atoms with Crippen LogP contribution in [0.1, 0.15) is 69.1 Å². The number of thioether (sulfide) groups is 1. The minimum atomic E-state index is -4.47. The van der Waals surface area contributed by atoms with Crippen molar-refractivity contribution in [1.29, 1.82) is 0 Å². The van der Waals surface area contributed by atoms with Crippen molar-refractivity contribution < 1.29 is 18.9 Å². The first-order valence-electron chi connectivity index (χ1n) is 10.6. The maximum absolute atomic E-state index is 11.0. The maximum atomic E-state index is 11.0. The van der Waals surface area contributed by atoms with E-state index in [-0.39, 0.29) is 6.61 Å². The summed E-state index contributed by atoms with van der Waals surface area (Å²) in [7, 11) is -4.47. The zero-order valence-electron chi connectivity index (χ0n) is 17.9. The minimum absolute atomic E-state index is 0.0906. The summed E-state index contributed by atoms with van der Waals surface area (Å²) in [6, 6.07) is 6.89. The number of nitrogens with two attached hydrogens (primary N) is 1. The van der Waals surface area contributed by atoms with Crippen LogP contribution in [0.5, 0.6) is 0 Å². The first kappa shape index (κ1) is 23.3. The zero-order chi connectivity index (χ0) is 21.3. The van der Waals surface area contributed by atoms with Gasteiger partial charge in [0.15, 0.2) is 0 Å². The molecule has 3 rings (SSSR count). The minimum Gasteiger partial charge on any atom is -0.323 e. The van der Waals surface area contributed by atoms with Gasteiger partial charge in [0.05, 0.1) is 6.61 Å². The zero-order valence-corrected chi connectivity index (χ0v) is 19.6. The predicted octanol–water partition coefficient (Wildman–Crippen LogP) is 4.65. The second-order valence-electron chi connectivity index (χ2n) is 10.3. The van der Waals surface area contributed by atoms with E-state index in [4.69, 9.17) is 20.0 Å². The summed E-state index contributed by atoms with van der Waals surface area (Å²) in [6.45, 7) is 6.81. The molecule has 1 saturated carbocycles. The van der Waals surface area contributed by atoms with E-state index in [1.54, 1.807) is 0 Å². The second-order valence-corrected chi connectivity index (χ2v) is 12.5. The monoisotopic (exact) mass is 441 g/mol. The molecule has 4 N–H and O–H groups in total. The van der Waals surface area contributed by atoms with Gasteiger partial charge >= 0.3 is 7.82 Å². The Hall–Kier alpha value is -0.360. The van der Waals surface area contributed by atoms with E-state index >= 15 is 0 Å². The van der Waals surface area contributed by atoms with Gasteiger partial charge in [-0.15, -0.1) is 0 Å². The summed E-state index contributed by atoms with van der Waals surface area (Å²) in [5.41, 5.74) is 10.4. The maximum Gasteiger partial charge on any atom is 0.469 e. The van der Waals surface area contributed by atoms with Crippen LogP contribution in [-0.4, -0.2) is 33.4 Å². The smallest absolute Gasteiger partial charge is 0.323 e. The van der Waals surface area contributed by atoms with Crippen molar-refractivity contribution in [2.45, 2.75) is 70.8 Å². The van der Waals surface area contributed by atoms with Crippen LogP contribution in [0.2, 0.25) is 0 Å². The van der Waals surface area contributed by atoms with Gasteiger partial charge in [-0.05, 0) is 84.0 Å². The molecule has 0 spiro atoms. The number of fused-ring (bicyclic) bond motifs is 1. The first-order chi connectivity index (χ1) is 13.4. The highest BCUT2D eigenvalue weighted by atomic mass is 32.2. The van der Waals surface area contributed by atoms with Crippen LogP contribution in [0.3, 0.4) is 0 Å². The van der Waals surface area contributed by atoms with Crippen LogP contribution >= 0.6 is 19.6 Å². The van der Waals surface area contributed by atoms with Crippen molar-refractivity contribution in [2.75, 3.05) is 18.1 Å². The van der Waals surface area contributed by atoms with E-state index in [1.807, 2.05) is 0 Å². The number of phosphoric acid groups is 1. The van der Waals surface area contributed by atoms with Gasteiger partial charge in [-0.25, -0.2) is 4.57 Å². The fourth-order valence-corrected chi connectivity index (χ4v) is 6.34. The van der Waals surface area contributed by atoms with Crippen molar-refractivity contribution in [3.63, 3.8) is 0 Å². The van der Waals surface area contributed by atoms with Gasteiger partial charge < -0.3 is 15.5 Å². The topological polar surface area (TPSA) is 92.8 Å². The lowest BCUT2D eigenvalue weighted by Gasteiger charge is -2.27. The Balaban J connectivity index is 1.56. The molecule has 1 aromatic rings. The molecule has 2 aliphatic carbocycles. The molecular weight excluding hydrogens is 405 g/mol. The molecule has 2 aliphatic rings. The molecule has 3 atom stereocenters. The lowest BCUT2D eigenvalue weighted by atomic mass is 9.82. The van der Waals surface area contributed by atoms with Crippen LogP contribution in [0, 0.1) is 11.3 Å². The fraction of sp³-hybridized carbons (Fsp3) is 0.727. The van der Waals surface area contributed by atoms with Gasteiger partial charge in [-0.3, -0.25) is 4.52 Å². The molecule has 0 unspecified atom stereocenters. The summed E-state index contributed by atoms with van der Waals surface area (Å²) in [4.78, 5) is 17.9. The molecule has 1 aromatic carbocycles. The number of hydrogen-bond donors (Lipinski definition) is 3. The molecule has 1 fully saturated rings. The van der Waals surface area contributed by atoms with Crippen LogP contribution in [0.25, 0.3) is 0 Å². The molecule has 0 amide bonds. The molecule has 0 radical (unpaired) electrons. The van der Waals surface area contributed by atoms with Crippen molar-refractivity contribution in [3.05, 3.63) is 34.9 Å². The van der Waals surface area contributed by atoms with E-state index in [2.05, 4.69) is 50.7 Å². The lowest BCUT2D eigenvalue weighted by Crippen LogP contribution is -2.41. The summed E-state index contributed by atoms with van der Waals surface area (Å²) in [5.74, 6) is 3.57. The number of aryl methyl sites for hydroxylation is 1. The average Bonchev–Trinajstić information content (AvgIpc) is 3.01. The standard InChI is InChI=1S/C22H36NO4PS/c1-21(2,3)15-29-13-16-4-5-18-11-19(7-6-17(18)10-16)20-8-9-22(23,12-20)14-27-28(24,25)26/h6-7,11,16,20H,4-5,8-10,12-15,23H2,1-3H3,(H2,24,25,26)/t16-,20+,22-/m1/s1. The van der Waals surface area contributed by atoms with Crippen LogP contribution < -0.4 is 5.73 Å². The fourth-order valence-electron chi connectivity index (χ4n) is 4.56. The Kier molecular flexibility index (Phi) is 7.25. The van der Waals surface area contributed by atoms with Crippen molar-refractivity contribution >= 4 is 19.6 Å². The molecule has 0 saturated heterocycles. The molecule has 164 valence electrons. The SMILES string of the molecule is CC(C)(C)CSC[C@@H]1CCc2cc([C@H]3CC[C@](N)(COP(=O)(O)O)C3)ccc2C1. The van der Waals surface area contributed by atoms with Gasteiger partial charge in [0.1, 0.15) is 0 Å². The number of rotatable bonds is 7. The molecule has 0 bridgehead atoms. The van der Waals surface area contributed by atoms with Crippen molar-refractivity contribution in [2.24, 2.45) is 17.1 Å². The summed E-state index contributed by atoms with van der Waals surface area (Å²) < 4.78 is 15.7. The highest BCUT2D eigenvalue weighted by molar-refractivity contribution is 7.99. The highest BCUT2D eigenvalue weighted by Crippen LogP contribution is 2.44. The third kappa shape index (κ3) is 7.09. The second kappa shape index (κ2) is 9.02. The molecule has 0 aromatic heterocycles. The quantitative estimate of drug-likeness (QED) is 0.534. The molecule has 0 aliphatic heterocycles. The van der Waals surface area contributed by atoms with Gasteiger partial charge in [-0.1, -0.05) is 39.0 Å². The highest BCUT2D eigenvalue weighted by Gasteiger charge is 2.38. The summed E-state index contributed by atoms with van der Waals surface area (Å²) in [6.07, 6.45) is 5.95. The first-order valence-corrected chi connectivity index (χ1v) is 13.3. The predicted molar refractivity (Wildman–Crippen MR) is 120 cm³/mol. The van der Waals surface area contributed by atoms with E-state index in [0.29, 0.717) is 17.8 Å². The van der Waals surface area contributed by atoms with Gasteiger partial charge in [0.2, 0.25) is 0 Å². The molecule has 5 nitrogen and oxygen atoms in total. The molecular formula is C22H36NO4PS. The Labute approximate surface area is 179 Å². The van der Waals surface area contributed by atoms with Gasteiger partial charge in [0.25, 0.3) is 0 Å². The van der Waals surface area contributed by atoms with Gasteiger partial charge in [-0.2, -0.15) is 11.8 Å². The summed E-state index contributed by atoms with van der Waals surface area (Å²) >= 11 is 2.09. The molecule has 29 heavy (non-hydrogen) atoms. The molecule has 7 heteroatoms.